The molecule has 3 N–H and O–H groups in total. The van der Waals surface area contributed by atoms with Crippen molar-refractivity contribution in [1.29, 1.82) is 0 Å². The van der Waals surface area contributed by atoms with E-state index >= 15 is 0 Å². The maximum absolute atomic E-state index is 12.2. The average Bonchev–Trinajstić information content (AvgIpc) is 3.05. The Labute approximate surface area is 116 Å². The van der Waals surface area contributed by atoms with Gasteiger partial charge in [-0.05, 0) is 18.0 Å². The van der Waals surface area contributed by atoms with Crippen molar-refractivity contribution >= 4 is 21.4 Å². The van der Waals surface area contributed by atoms with Crippen LogP contribution in [0.1, 0.15) is 17.6 Å². The Kier molecular flexibility index (Phi) is 4.70. The van der Waals surface area contributed by atoms with Gasteiger partial charge < -0.3 is 10.3 Å². The van der Waals surface area contributed by atoms with Gasteiger partial charge in [0.1, 0.15) is 5.82 Å². The van der Waals surface area contributed by atoms with E-state index in [4.69, 9.17) is 0 Å². The third-order valence-corrected chi connectivity index (χ3v) is 5.05. The van der Waals surface area contributed by atoms with E-state index in [1.807, 2.05) is 6.92 Å². The Balaban J connectivity index is 2.08. The van der Waals surface area contributed by atoms with E-state index in [2.05, 4.69) is 20.0 Å². The van der Waals surface area contributed by atoms with Crippen molar-refractivity contribution in [1.82, 2.24) is 20.0 Å². The molecular formula is C11H16N4O2S2. The smallest absolute Gasteiger partial charge is 0.242 e. The summed E-state index contributed by atoms with van der Waals surface area (Å²) >= 11 is 1.43. The van der Waals surface area contributed by atoms with Crippen molar-refractivity contribution in [3.63, 3.8) is 0 Å². The first-order valence-corrected chi connectivity index (χ1v) is 8.24. The molecule has 0 aliphatic heterocycles. The van der Waals surface area contributed by atoms with Crippen molar-refractivity contribution in [2.24, 2.45) is 0 Å². The van der Waals surface area contributed by atoms with Gasteiger partial charge in [0.2, 0.25) is 10.0 Å². The zero-order valence-electron chi connectivity index (χ0n) is 10.5. The molecule has 0 bridgehead atoms. The van der Waals surface area contributed by atoms with Crippen LogP contribution < -0.4 is 10.0 Å². The lowest BCUT2D eigenvalue weighted by atomic mass is 10.4. The van der Waals surface area contributed by atoms with Gasteiger partial charge in [-0.3, -0.25) is 0 Å². The molecule has 0 radical (unpaired) electrons. The van der Waals surface area contributed by atoms with E-state index < -0.39 is 10.0 Å². The van der Waals surface area contributed by atoms with E-state index in [0.717, 1.165) is 11.4 Å². The maximum Gasteiger partial charge on any atom is 0.242 e. The minimum absolute atomic E-state index is 0.159. The third kappa shape index (κ3) is 3.63. The normalized spacial score (nSPS) is 11.8. The molecule has 2 rings (SSSR count). The number of sulfonamides is 1. The highest BCUT2D eigenvalue weighted by Gasteiger charge is 2.19. The lowest BCUT2D eigenvalue weighted by Crippen LogP contribution is -2.25. The van der Waals surface area contributed by atoms with E-state index in [1.165, 1.54) is 11.3 Å². The van der Waals surface area contributed by atoms with Crippen LogP contribution in [0.5, 0.6) is 0 Å². The Hall–Kier alpha value is -1.22. The third-order valence-electron chi connectivity index (χ3n) is 2.51. The summed E-state index contributed by atoms with van der Waals surface area (Å²) in [6.45, 7) is 3.51. The molecule has 0 amide bonds. The van der Waals surface area contributed by atoms with Crippen LogP contribution in [0.15, 0.2) is 28.7 Å². The fourth-order valence-electron chi connectivity index (χ4n) is 1.57. The molecule has 0 aliphatic carbocycles. The second-order valence-electron chi connectivity index (χ2n) is 3.85. The number of hydrogen-bond donors (Lipinski definition) is 3. The molecule has 0 saturated heterocycles. The van der Waals surface area contributed by atoms with Gasteiger partial charge in [0.05, 0.1) is 11.4 Å². The molecule has 0 fully saturated rings. The highest BCUT2D eigenvalue weighted by molar-refractivity contribution is 7.89. The summed E-state index contributed by atoms with van der Waals surface area (Å²) in [5.41, 5.74) is 0. The van der Waals surface area contributed by atoms with Crippen molar-refractivity contribution in [2.75, 3.05) is 6.54 Å². The van der Waals surface area contributed by atoms with Gasteiger partial charge in [-0.25, -0.2) is 18.1 Å². The summed E-state index contributed by atoms with van der Waals surface area (Å²) in [6.07, 6.45) is 3.25. The van der Waals surface area contributed by atoms with Crippen LogP contribution in [-0.2, 0) is 23.1 Å². The first-order valence-electron chi connectivity index (χ1n) is 5.88. The van der Waals surface area contributed by atoms with Gasteiger partial charge in [0, 0.05) is 23.8 Å². The van der Waals surface area contributed by atoms with Crippen molar-refractivity contribution < 1.29 is 8.42 Å². The summed E-state index contributed by atoms with van der Waals surface area (Å²) in [6, 6.07) is 1.63. The predicted molar refractivity (Wildman–Crippen MR) is 74.3 cm³/mol. The fourth-order valence-corrected chi connectivity index (χ4v) is 3.97. The number of thiophene rings is 1. The van der Waals surface area contributed by atoms with Crippen LogP contribution in [-0.4, -0.2) is 24.9 Å². The molecule has 2 heterocycles. The largest absolute Gasteiger partial charge is 0.347 e. The molecule has 104 valence electrons. The van der Waals surface area contributed by atoms with E-state index in [9.17, 15) is 8.42 Å². The fraction of sp³-hybridized carbons (Fsp3) is 0.364. The highest BCUT2D eigenvalue weighted by atomic mass is 32.2. The Morgan fingerprint density at radius 1 is 1.42 bits per heavy atom. The van der Waals surface area contributed by atoms with Crippen LogP contribution in [0, 0.1) is 0 Å². The number of aromatic amines is 1. The van der Waals surface area contributed by atoms with E-state index in [1.54, 1.807) is 23.8 Å². The predicted octanol–water partition coefficient (Wildman–Crippen LogP) is 1.06. The molecular weight excluding hydrogens is 284 g/mol. The maximum atomic E-state index is 12.2. The number of rotatable bonds is 7. The minimum atomic E-state index is -3.49. The Morgan fingerprint density at radius 3 is 2.95 bits per heavy atom. The average molecular weight is 300 g/mol. The molecule has 8 heteroatoms. The molecule has 0 aliphatic rings. The molecule has 2 aromatic rings. The lowest BCUT2D eigenvalue weighted by molar-refractivity contribution is 0.578. The zero-order valence-corrected chi connectivity index (χ0v) is 12.1. The summed E-state index contributed by atoms with van der Waals surface area (Å²) in [5, 5.41) is 4.92. The number of nitrogens with zero attached hydrogens (tertiary/aromatic N) is 1. The molecule has 19 heavy (non-hydrogen) atoms. The first-order chi connectivity index (χ1) is 9.13. The topological polar surface area (TPSA) is 86.9 Å². The van der Waals surface area contributed by atoms with Gasteiger partial charge in [0.15, 0.2) is 0 Å². The summed E-state index contributed by atoms with van der Waals surface area (Å²) in [4.78, 5) is 7.99. The number of hydrogen-bond acceptors (Lipinski definition) is 5. The van der Waals surface area contributed by atoms with Crippen molar-refractivity contribution in [3.05, 3.63) is 34.5 Å². The quantitative estimate of drug-likeness (QED) is 0.713. The minimum Gasteiger partial charge on any atom is -0.347 e. The van der Waals surface area contributed by atoms with E-state index in [0.29, 0.717) is 17.3 Å². The van der Waals surface area contributed by atoms with Crippen LogP contribution >= 0.6 is 11.3 Å². The van der Waals surface area contributed by atoms with Gasteiger partial charge in [-0.1, -0.05) is 6.92 Å². The molecule has 0 atom stereocenters. The summed E-state index contributed by atoms with van der Waals surface area (Å²) < 4.78 is 26.9. The molecule has 0 aromatic carbocycles. The summed E-state index contributed by atoms with van der Waals surface area (Å²) in [7, 11) is -3.49. The van der Waals surface area contributed by atoms with E-state index in [-0.39, 0.29) is 6.54 Å². The van der Waals surface area contributed by atoms with Gasteiger partial charge >= 0.3 is 0 Å². The van der Waals surface area contributed by atoms with Crippen molar-refractivity contribution in [3.8, 4) is 0 Å². The number of H-pyrrole nitrogens is 1. The standard InChI is InChI=1S/C11H16N4O2S2/c1-2-12-7-9-10(3-6-18-9)19(16,17)15-8-11-13-4-5-14-11/h3-6,12,15H,2,7-8H2,1H3,(H,13,14). The molecule has 0 unspecified atom stereocenters. The zero-order chi connectivity index (χ0) is 13.7. The molecule has 0 saturated carbocycles. The highest BCUT2D eigenvalue weighted by Crippen LogP contribution is 2.21. The molecule has 6 nitrogen and oxygen atoms in total. The first kappa shape index (κ1) is 14.2. The van der Waals surface area contributed by atoms with Crippen LogP contribution in [0.4, 0.5) is 0 Å². The van der Waals surface area contributed by atoms with Crippen LogP contribution in [0.25, 0.3) is 0 Å². The number of nitrogens with one attached hydrogen (secondary N) is 3. The van der Waals surface area contributed by atoms with Crippen LogP contribution in [0.3, 0.4) is 0 Å². The van der Waals surface area contributed by atoms with Crippen molar-refractivity contribution in [2.45, 2.75) is 24.9 Å². The summed E-state index contributed by atoms with van der Waals surface area (Å²) in [5.74, 6) is 0.590. The molecule has 2 aromatic heterocycles. The number of aromatic nitrogens is 2. The SMILES string of the molecule is CCNCc1sccc1S(=O)(=O)NCc1ncc[nH]1. The Morgan fingerprint density at radius 2 is 2.26 bits per heavy atom. The number of imidazole rings is 1. The second-order valence-corrected chi connectivity index (χ2v) is 6.58. The Bertz CT molecular complexity index is 604. The molecule has 0 spiro atoms. The lowest BCUT2D eigenvalue weighted by Gasteiger charge is -2.07. The monoisotopic (exact) mass is 300 g/mol. The van der Waals surface area contributed by atoms with Crippen LogP contribution in [0.2, 0.25) is 0 Å². The van der Waals surface area contributed by atoms with Gasteiger partial charge in [-0.2, -0.15) is 0 Å². The second kappa shape index (κ2) is 6.29. The van der Waals surface area contributed by atoms with Gasteiger partial charge in [0.25, 0.3) is 0 Å². The van der Waals surface area contributed by atoms with Gasteiger partial charge in [-0.15, -0.1) is 11.3 Å².